The molecule has 0 aliphatic heterocycles. The van der Waals surface area contributed by atoms with E-state index in [0.717, 1.165) is 4.90 Å². The molecule has 0 radical (unpaired) electrons. The first-order chi connectivity index (χ1) is 6.66. The molecule has 0 saturated carbocycles. The van der Waals surface area contributed by atoms with Crippen molar-refractivity contribution in [3.8, 4) is 0 Å². The Balaban J connectivity index is 4.78. The van der Waals surface area contributed by atoms with Crippen LogP contribution in [0.3, 0.4) is 0 Å². The smallest absolute Gasteiger partial charge is 0.394 e. The van der Waals surface area contributed by atoms with Gasteiger partial charge < -0.3 is 10.8 Å². The first-order valence-corrected chi connectivity index (χ1v) is 4.77. The Hall–Kier alpha value is -0.330. The Morgan fingerprint density at radius 2 is 1.80 bits per heavy atom. The molecule has 1 unspecified atom stereocenters. The minimum absolute atomic E-state index is 0.0317. The van der Waals surface area contributed by atoms with Crippen molar-refractivity contribution in [1.82, 2.24) is 4.90 Å². The molecule has 0 amide bonds. The van der Waals surface area contributed by atoms with Gasteiger partial charge in [-0.1, -0.05) is 0 Å². The van der Waals surface area contributed by atoms with Gasteiger partial charge in [-0.2, -0.15) is 13.2 Å². The summed E-state index contributed by atoms with van der Waals surface area (Å²) in [7, 11) is 1.35. The summed E-state index contributed by atoms with van der Waals surface area (Å²) in [5.41, 5.74) is 4.25. The molecule has 0 aromatic rings. The Kier molecular flexibility index (Phi) is 5.02. The van der Waals surface area contributed by atoms with Gasteiger partial charge in [-0.3, -0.25) is 4.90 Å². The van der Waals surface area contributed by atoms with E-state index in [1.54, 1.807) is 13.8 Å². The fourth-order valence-corrected chi connectivity index (χ4v) is 1.27. The van der Waals surface area contributed by atoms with Gasteiger partial charge in [-0.05, 0) is 33.9 Å². The van der Waals surface area contributed by atoms with E-state index >= 15 is 0 Å². The third-order valence-corrected chi connectivity index (χ3v) is 2.63. The maximum absolute atomic E-state index is 12.6. The van der Waals surface area contributed by atoms with Gasteiger partial charge >= 0.3 is 6.18 Å². The zero-order valence-electron chi connectivity index (χ0n) is 9.30. The second-order valence-electron chi connectivity index (χ2n) is 4.22. The molecule has 92 valence electrons. The number of aliphatic hydroxyl groups is 1. The van der Waals surface area contributed by atoms with Gasteiger partial charge in [-0.25, -0.2) is 0 Å². The number of rotatable bonds is 5. The SMILES string of the molecule is CN(C(CCN)C(F)(F)F)C(C)(C)CO. The molecule has 0 fully saturated rings. The predicted octanol–water partition coefficient (Wildman–Crippen LogP) is 0.969. The van der Waals surface area contributed by atoms with Crippen LogP contribution in [-0.2, 0) is 0 Å². The Bertz CT molecular complexity index is 194. The Morgan fingerprint density at radius 3 is 2.07 bits per heavy atom. The minimum atomic E-state index is -4.32. The van der Waals surface area contributed by atoms with Crippen LogP contribution in [-0.4, -0.2) is 48.0 Å². The number of nitrogens with two attached hydrogens (primary N) is 1. The molecule has 0 aliphatic rings. The summed E-state index contributed by atoms with van der Waals surface area (Å²) in [6.07, 6.45) is -4.48. The lowest BCUT2D eigenvalue weighted by molar-refractivity contribution is -0.196. The monoisotopic (exact) mass is 228 g/mol. The van der Waals surface area contributed by atoms with Crippen molar-refractivity contribution in [1.29, 1.82) is 0 Å². The lowest BCUT2D eigenvalue weighted by Crippen LogP contribution is -2.55. The molecule has 0 aliphatic carbocycles. The number of nitrogens with zero attached hydrogens (tertiary/aromatic N) is 1. The molecular formula is C9H19F3N2O. The molecule has 0 bridgehead atoms. The number of halogens is 3. The van der Waals surface area contributed by atoms with Crippen LogP contribution in [0.4, 0.5) is 13.2 Å². The maximum atomic E-state index is 12.6. The van der Waals surface area contributed by atoms with Gasteiger partial charge in [0.25, 0.3) is 0 Å². The second kappa shape index (κ2) is 5.14. The lowest BCUT2D eigenvalue weighted by atomic mass is 10.0. The number of aliphatic hydroxyl groups excluding tert-OH is 1. The molecule has 3 N–H and O–H groups in total. The third-order valence-electron chi connectivity index (χ3n) is 2.63. The van der Waals surface area contributed by atoms with Gasteiger partial charge in [-0.15, -0.1) is 0 Å². The van der Waals surface area contributed by atoms with Crippen LogP contribution in [0.5, 0.6) is 0 Å². The highest BCUT2D eigenvalue weighted by Gasteiger charge is 2.45. The second-order valence-corrected chi connectivity index (χ2v) is 4.22. The maximum Gasteiger partial charge on any atom is 0.404 e. The fraction of sp³-hybridized carbons (Fsp3) is 1.00. The molecule has 0 aromatic carbocycles. The van der Waals surface area contributed by atoms with Crippen molar-refractivity contribution in [3.05, 3.63) is 0 Å². The van der Waals surface area contributed by atoms with Crippen molar-refractivity contribution >= 4 is 0 Å². The first kappa shape index (κ1) is 14.7. The van der Waals surface area contributed by atoms with Crippen LogP contribution in [0, 0.1) is 0 Å². The highest BCUT2D eigenvalue weighted by molar-refractivity contribution is 4.87. The number of hydrogen-bond donors (Lipinski definition) is 2. The summed E-state index contributed by atoms with van der Waals surface area (Å²) in [4.78, 5) is 1.12. The van der Waals surface area contributed by atoms with Crippen LogP contribution in [0.25, 0.3) is 0 Å². The van der Waals surface area contributed by atoms with Crippen LogP contribution in [0.2, 0.25) is 0 Å². The number of alkyl halides is 3. The average Bonchev–Trinajstić information content (AvgIpc) is 2.11. The zero-order chi connectivity index (χ0) is 12.3. The number of likely N-dealkylation sites (N-methyl/N-ethyl adjacent to an activating group) is 1. The minimum Gasteiger partial charge on any atom is -0.394 e. The van der Waals surface area contributed by atoms with Gasteiger partial charge in [0.2, 0.25) is 0 Å². The summed E-state index contributed by atoms with van der Waals surface area (Å²) >= 11 is 0. The van der Waals surface area contributed by atoms with Crippen LogP contribution < -0.4 is 5.73 Å². The first-order valence-electron chi connectivity index (χ1n) is 4.77. The normalized spacial score (nSPS) is 15.8. The molecule has 0 rings (SSSR count). The van der Waals surface area contributed by atoms with Crippen molar-refractivity contribution < 1.29 is 18.3 Å². The summed E-state index contributed by atoms with van der Waals surface area (Å²) in [6.45, 7) is 2.75. The Labute approximate surface area is 88.0 Å². The molecule has 0 heterocycles. The fourth-order valence-electron chi connectivity index (χ4n) is 1.27. The van der Waals surface area contributed by atoms with E-state index in [1.165, 1.54) is 7.05 Å². The van der Waals surface area contributed by atoms with E-state index in [0.29, 0.717) is 0 Å². The highest BCUT2D eigenvalue weighted by Crippen LogP contribution is 2.30. The van der Waals surface area contributed by atoms with E-state index in [4.69, 9.17) is 10.8 Å². The summed E-state index contributed by atoms with van der Waals surface area (Å²) in [5, 5.41) is 9.01. The van der Waals surface area contributed by atoms with Crippen molar-refractivity contribution in [2.45, 2.75) is 38.0 Å². The standard InChI is InChI=1S/C9H19F3N2O/c1-8(2,6-15)14(3)7(4-5-13)9(10,11)12/h7,15H,4-6,13H2,1-3H3. The summed E-state index contributed by atoms with van der Waals surface area (Å²) in [5.74, 6) is 0. The van der Waals surface area contributed by atoms with E-state index in [9.17, 15) is 13.2 Å². The molecule has 0 saturated heterocycles. The van der Waals surface area contributed by atoms with Crippen molar-refractivity contribution in [2.75, 3.05) is 20.2 Å². The van der Waals surface area contributed by atoms with Crippen molar-refractivity contribution in [2.24, 2.45) is 5.73 Å². The largest absolute Gasteiger partial charge is 0.404 e. The van der Waals surface area contributed by atoms with Gasteiger partial charge in [0.1, 0.15) is 6.04 Å². The van der Waals surface area contributed by atoms with E-state index in [1.807, 2.05) is 0 Å². The third kappa shape index (κ3) is 3.96. The summed E-state index contributed by atoms with van der Waals surface area (Å²) < 4.78 is 37.9. The summed E-state index contributed by atoms with van der Waals surface area (Å²) in [6, 6.07) is -1.61. The van der Waals surface area contributed by atoms with Gasteiger partial charge in [0.15, 0.2) is 0 Å². The van der Waals surface area contributed by atoms with Crippen LogP contribution in [0.1, 0.15) is 20.3 Å². The molecular weight excluding hydrogens is 209 g/mol. The van der Waals surface area contributed by atoms with Crippen molar-refractivity contribution in [3.63, 3.8) is 0 Å². The van der Waals surface area contributed by atoms with E-state index < -0.39 is 17.8 Å². The topological polar surface area (TPSA) is 49.5 Å². The number of hydrogen-bond acceptors (Lipinski definition) is 3. The molecule has 3 nitrogen and oxygen atoms in total. The molecule has 6 heteroatoms. The van der Waals surface area contributed by atoms with E-state index in [-0.39, 0.29) is 19.6 Å². The highest BCUT2D eigenvalue weighted by atomic mass is 19.4. The quantitative estimate of drug-likeness (QED) is 0.737. The van der Waals surface area contributed by atoms with Crippen LogP contribution in [0.15, 0.2) is 0 Å². The van der Waals surface area contributed by atoms with E-state index in [2.05, 4.69) is 0 Å². The van der Waals surface area contributed by atoms with Gasteiger partial charge in [0.05, 0.1) is 6.61 Å². The predicted molar refractivity (Wildman–Crippen MR) is 52.4 cm³/mol. The molecule has 15 heavy (non-hydrogen) atoms. The molecule has 0 aromatic heterocycles. The zero-order valence-corrected chi connectivity index (χ0v) is 9.30. The lowest BCUT2D eigenvalue weighted by Gasteiger charge is -2.40. The van der Waals surface area contributed by atoms with Gasteiger partial charge in [0, 0.05) is 5.54 Å². The van der Waals surface area contributed by atoms with Crippen LogP contribution >= 0.6 is 0 Å². The average molecular weight is 228 g/mol. The Morgan fingerprint density at radius 1 is 1.33 bits per heavy atom. The molecule has 1 atom stereocenters. The molecule has 0 spiro atoms.